The molecule has 5 nitrogen and oxygen atoms in total. The van der Waals surface area contributed by atoms with Crippen LogP contribution < -0.4 is 0 Å². The first kappa shape index (κ1) is 54.4. The van der Waals surface area contributed by atoms with Crippen molar-refractivity contribution in [1.29, 1.82) is 0 Å². The maximum atomic E-state index is 12.9. The summed E-state index contributed by atoms with van der Waals surface area (Å²) in [6, 6.07) is 28.7. The number of rotatable bonds is 32. The molecule has 0 saturated carbocycles. The van der Waals surface area contributed by atoms with E-state index in [9.17, 15) is 14.4 Å². The van der Waals surface area contributed by atoms with Gasteiger partial charge in [-0.2, -0.15) is 0 Å². The van der Waals surface area contributed by atoms with Crippen LogP contribution in [0, 0.1) is 0 Å². The Morgan fingerprint density at radius 2 is 0.636 bits per heavy atom. The predicted molar refractivity (Wildman–Crippen MR) is 287 cm³/mol. The Morgan fingerprint density at radius 1 is 0.348 bits per heavy atom. The Morgan fingerprint density at radius 3 is 0.970 bits per heavy atom. The Labute approximate surface area is 404 Å². The van der Waals surface area contributed by atoms with Crippen molar-refractivity contribution in [3.63, 3.8) is 0 Å². The number of hydrogen-bond acceptors (Lipinski definition) is 3. The van der Waals surface area contributed by atoms with Crippen LogP contribution in [0.3, 0.4) is 0 Å². The zero-order valence-electron chi connectivity index (χ0n) is 41.4. The lowest BCUT2D eigenvalue weighted by molar-refractivity contribution is -0.111. The second-order valence-electron chi connectivity index (χ2n) is 18.8. The fraction of sp³-hybridized carbons (Fsp3) is 0.550. The molecule has 2 aromatic heterocycles. The van der Waals surface area contributed by atoms with Crippen LogP contribution >= 0.6 is 11.6 Å². The minimum Gasteiger partial charge on any atom is -0.355 e. The summed E-state index contributed by atoms with van der Waals surface area (Å²) in [4.78, 5) is 43.1. The van der Waals surface area contributed by atoms with Crippen molar-refractivity contribution in [2.45, 2.75) is 213 Å². The molecular weight excluding hydrogens is 832 g/mol. The van der Waals surface area contributed by atoms with Gasteiger partial charge in [0.25, 0.3) is 0 Å². The minimum absolute atomic E-state index is 0.187. The van der Waals surface area contributed by atoms with Crippen molar-refractivity contribution < 1.29 is 14.4 Å². The van der Waals surface area contributed by atoms with Gasteiger partial charge in [-0.05, 0) is 79.4 Å². The van der Waals surface area contributed by atoms with Crippen LogP contribution in [-0.2, 0) is 4.79 Å². The third kappa shape index (κ3) is 20.3. The van der Waals surface area contributed by atoms with E-state index >= 15 is 0 Å². The van der Waals surface area contributed by atoms with Gasteiger partial charge in [0.1, 0.15) is 0 Å². The van der Waals surface area contributed by atoms with Gasteiger partial charge in [-0.3, -0.25) is 14.4 Å². The van der Waals surface area contributed by atoms with E-state index in [2.05, 4.69) is 79.3 Å². The molecule has 0 spiro atoms. The molecule has 6 heteroatoms. The molecule has 0 fully saturated rings. The lowest BCUT2D eigenvalue weighted by Crippen LogP contribution is -1.99. The quantitative estimate of drug-likeness (QED) is 0.0251. The summed E-state index contributed by atoms with van der Waals surface area (Å²) in [6.07, 6.45) is 36.0. The van der Waals surface area contributed by atoms with Gasteiger partial charge in [0, 0.05) is 74.0 Å². The molecular formula is C60H85ClN2O3. The molecule has 6 rings (SSSR count). The number of benzene rings is 4. The molecule has 0 aliphatic carbocycles. The smallest absolute Gasteiger partial charge is 0.221 e. The van der Waals surface area contributed by atoms with E-state index in [1.54, 1.807) is 0 Å². The van der Waals surface area contributed by atoms with Gasteiger partial charge in [0.05, 0.1) is 0 Å². The Hall–Kier alpha value is -4.22. The van der Waals surface area contributed by atoms with Crippen molar-refractivity contribution >= 4 is 72.0 Å². The van der Waals surface area contributed by atoms with Crippen molar-refractivity contribution in [2.24, 2.45) is 0 Å². The SMILES string of the molecule is CCCCCCCCCCCC(=O)Cl.CCCCCCCCCCCC(=O)c1ccc2[nH]c3ccc(C(=O)CCCCCCCCCCC)cc3c2c1.c1ccc2c(c1)[nH]c1ccccc12. The summed E-state index contributed by atoms with van der Waals surface area (Å²) in [5.41, 5.74) is 6.04. The van der Waals surface area contributed by atoms with Crippen LogP contribution in [0.25, 0.3) is 43.6 Å². The van der Waals surface area contributed by atoms with E-state index in [1.807, 2.05) is 36.4 Å². The van der Waals surface area contributed by atoms with Crippen molar-refractivity contribution in [1.82, 2.24) is 9.97 Å². The average molecular weight is 918 g/mol. The maximum Gasteiger partial charge on any atom is 0.221 e. The molecule has 0 amide bonds. The molecule has 0 aliphatic heterocycles. The Balaban J connectivity index is 0.000000283. The molecule has 0 atom stereocenters. The van der Waals surface area contributed by atoms with Gasteiger partial charge >= 0.3 is 0 Å². The van der Waals surface area contributed by atoms with Gasteiger partial charge < -0.3 is 9.97 Å². The number of H-pyrrole nitrogens is 2. The third-order valence-electron chi connectivity index (χ3n) is 13.1. The number of halogens is 1. The fourth-order valence-corrected chi connectivity index (χ4v) is 9.23. The number of fused-ring (bicyclic) bond motifs is 6. The zero-order valence-corrected chi connectivity index (χ0v) is 42.2. The van der Waals surface area contributed by atoms with Gasteiger partial charge in [-0.1, -0.05) is 211 Å². The number of carbonyl (C=O) groups excluding carboxylic acids is 3. The van der Waals surface area contributed by atoms with Crippen molar-refractivity contribution in [3.8, 4) is 0 Å². The number of carbonyl (C=O) groups is 3. The van der Waals surface area contributed by atoms with Crippen LogP contribution in [0.4, 0.5) is 0 Å². The first-order chi connectivity index (χ1) is 32.4. The van der Waals surface area contributed by atoms with Crippen LogP contribution in [0.15, 0.2) is 84.9 Å². The number of para-hydroxylation sites is 2. The van der Waals surface area contributed by atoms with Crippen molar-refractivity contribution in [3.05, 3.63) is 96.1 Å². The molecule has 0 aliphatic rings. The molecule has 360 valence electrons. The first-order valence-electron chi connectivity index (χ1n) is 26.6. The lowest BCUT2D eigenvalue weighted by Gasteiger charge is -2.04. The van der Waals surface area contributed by atoms with E-state index in [4.69, 9.17) is 11.6 Å². The van der Waals surface area contributed by atoms with Crippen LogP contribution in [0.1, 0.15) is 234 Å². The molecule has 2 heterocycles. The minimum atomic E-state index is -0.187. The Kier molecular flexibility index (Phi) is 27.4. The number of aromatic amines is 2. The van der Waals surface area contributed by atoms with E-state index in [0.717, 1.165) is 71.5 Å². The van der Waals surface area contributed by atoms with Crippen LogP contribution in [0.5, 0.6) is 0 Å². The molecule has 0 saturated heterocycles. The average Bonchev–Trinajstić information content (AvgIpc) is 3.90. The molecule has 66 heavy (non-hydrogen) atoms. The normalized spacial score (nSPS) is 11.2. The van der Waals surface area contributed by atoms with Crippen LogP contribution in [-0.4, -0.2) is 26.8 Å². The molecule has 2 N–H and O–H groups in total. The highest BCUT2D eigenvalue weighted by atomic mass is 35.5. The number of ketones is 2. The van der Waals surface area contributed by atoms with E-state index in [0.29, 0.717) is 19.3 Å². The second kappa shape index (κ2) is 33.3. The monoisotopic (exact) mass is 917 g/mol. The largest absolute Gasteiger partial charge is 0.355 e. The standard InChI is InChI=1S/C36H53NO2.C12H23ClO.C12H9N/c1-3-5-7-9-11-13-15-17-19-21-35(38)29-23-25-33-31(27-29)32-28-30(24-26-34(32)37-33)36(39)22-20-18-16-14-12-10-8-6-4-2;1-2-3-4-5-6-7-8-9-10-11-12(13)14;1-3-7-11-9(5-1)10-6-2-4-8-12(10)13-11/h23-28,37H,3-22H2,1-2H3;2-11H2,1H3;1-8,13H. The lowest BCUT2D eigenvalue weighted by atomic mass is 9.99. The zero-order chi connectivity index (χ0) is 47.0. The predicted octanol–water partition coefficient (Wildman–Crippen LogP) is 19.5. The number of nitrogens with one attached hydrogen (secondary N) is 2. The van der Waals surface area contributed by atoms with Gasteiger partial charge in [-0.15, -0.1) is 0 Å². The summed E-state index contributed by atoms with van der Waals surface area (Å²) in [5, 5.41) is 4.51. The number of aromatic nitrogens is 2. The summed E-state index contributed by atoms with van der Waals surface area (Å²) in [6.45, 7) is 6.75. The summed E-state index contributed by atoms with van der Waals surface area (Å²) < 4.78 is 0. The Bertz CT molecular complexity index is 2130. The van der Waals surface area contributed by atoms with E-state index in [-0.39, 0.29) is 16.8 Å². The first-order valence-corrected chi connectivity index (χ1v) is 27.0. The highest BCUT2D eigenvalue weighted by Crippen LogP contribution is 2.29. The summed E-state index contributed by atoms with van der Waals surface area (Å²) in [7, 11) is 0. The highest BCUT2D eigenvalue weighted by molar-refractivity contribution is 6.63. The van der Waals surface area contributed by atoms with E-state index in [1.165, 1.54) is 157 Å². The molecule has 4 aromatic carbocycles. The molecule has 0 unspecified atom stereocenters. The second-order valence-corrected chi connectivity index (χ2v) is 19.2. The number of unbranched alkanes of at least 4 members (excludes halogenated alkanes) is 24. The summed E-state index contributed by atoms with van der Waals surface area (Å²) >= 11 is 5.24. The number of Topliss-reactive ketones (excluding diaryl/α,β-unsaturated/α-hetero) is 2. The van der Waals surface area contributed by atoms with E-state index < -0.39 is 0 Å². The highest BCUT2D eigenvalue weighted by Gasteiger charge is 2.13. The molecule has 0 radical (unpaired) electrons. The third-order valence-corrected chi connectivity index (χ3v) is 13.3. The fourth-order valence-electron chi connectivity index (χ4n) is 9.10. The number of hydrogen-bond donors (Lipinski definition) is 2. The molecule has 0 bridgehead atoms. The van der Waals surface area contributed by atoms with Crippen molar-refractivity contribution in [2.75, 3.05) is 0 Å². The van der Waals surface area contributed by atoms with Gasteiger partial charge in [-0.25, -0.2) is 0 Å². The molecule has 6 aromatic rings. The maximum absolute atomic E-state index is 12.9. The summed E-state index contributed by atoms with van der Waals surface area (Å²) in [5.74, 6) is 0.457. The van der Waals surface area contributed by atoms with Crippen LogP contribution in [0.2, 0.25) is 0 Å². The van der Waals surface area contributed by atoms with Gasteiger partial charge in [0.15, 0.2) is 11.6 Å². The van der Waals surface area contributed by atoms with Gasteiger partial charge in [0.2, 0.25) is 5.24 Å². The topological polar surface area (TPSA) is 82.8 Å².